The van der Waals surface area contributed by atoms with Crippen LogP contribution >= 0.6 is 23.2 Å². The molecule has 43 heavy (non-hydrogen) atoms. The van der Waals surface area contributed by atoms with E-state index in [0.717, 1.165) is 50.5 Å². The first kappa shape index (κ1) is 29.6. The second-order valence-electron chi connectivity index (χ2n) is 11.9. The fraction of sp³-hybridized carbons (Fsp3) is 0.371. The van der Waals surface area contributed by atoms with Crippen LogP contribution in [0.1, 0.15) is 68.9 Å². The van der Waals surface area contributed by atoms with Gasteiger partial charge in [0.15, 0.2) is 0 Å². The van der Waals surface area contributed by atoms with Crippen LogP contribution in [0, 0.1) is 0 Å². The molecule has 0 fully saturated rings. The first-order valence-corrected chi connectivity index (χ1v) is 15.9. The lowest BCUT2D eigenvalue weighted by atomic mass is 9.92. The molecule has 2 aliphatic rings. The maximum absolute atomic E-state index is 13.4. The number of nitrogens with zero attached hydrogens (tertiary/aromatic N) is 2. The van der Waals surface area contributed by atoms with E-state index in [4.69, 9.17) is 23.2 Å². The van der Waals surface area contributed by atoms with Gasteiger partial charge in [-0.3, -0.25) is 9.59 Å². The second kappa shape index (κ2) is 11.9. The molecule has 4 aromatic rings. The summed E-state index contributed by atoms with van der Waals surface area (Å²) in [6.45, 7) is 4.87. The molecule has 2 heterocycles. The third-order valence-corrected chi connectivity index (χ3v) is 9.77. The highest BCUT2D eigenvalue weighted by Crippen LogP contribution is 2.48. The molecule has 8 heteroatoms. The molecule has 0 spiro atoms. The van der Waals surface area contributed by atoms with Crippen LogP contribution < -0.4 is 9.80 Å². The van der Waals surface area contributed by atoms with Crippen LogP contribution in [0.25, 0.3) is 21.5 Å². The van der Waals surface area contributed by atoms with Gasteiger partial charge in [-0.1, -0.05) is 55.0 Å². The Balaban J connectivity index is 1.10. The summed E-state index contributed by atoms with van der Waals surface area (Å²) in [7, 11) is 0. The van der Waals surface area contributed by atoms with Crippen molar-refractivity contribution in [1.29, 1.82) is 0 Å². The minimum Gasteiger partial charge on any atom is -0.507 e. The molecule has 0 aromatic heterocycles. The first-order chi connectivity index (χ1) is 20.7. The van der Waals surface area contributed by atoms with E-state index in [1.807, 2.05) is 62.4 Å². The number of carbonyl (C=O) groups excluding carboxylic acids is 2. The Kier molecular flexibility index (Phi) is 8.18. The monoisotopic (exact) mass is 618 g/mol. The molecule has 2 N–H and O–H groups in total. The highest BCUT2D eigenvalue weighted by atomic mass is 35.5. The zero-order valence-corrected chi connectivity index (χ0v) is 25.9. The zero-order valence-electron chi connectivity index (χ0n) is 24.4. The van der Waals surface area contributed by atoms with Crippen molar-refractivity contribution in [2.45, 2.75) is 68.5 Å². The maximum Gasteiger partial charge on any atom is 0.227 e. The van der Waals surface area contributed by atoms with Gasteiger partial charge in [0.05, 0.1) is 11.4 Å². The van der Waals surface area contributed by atoms with E-state index in [2.05, 4.69) is 0 Å². The minimum atomic E-state index is -0.174. The van der Waals surface area contributed by atoms with Crippen LogP contribution in [0.15, 0.2) is 60.7 Å². The van der Waals surface area contributed by atoms with Crippen LogP contribution in [-0.4, -0.2) is 45.9 Å². The van der Waals surface area contributed by atoms with Gasteiger partial charge < -0.3 is 20.0 Å². The fourth-order valence-electron chi connectivity index (χ4n) is 6.95. The molecule has 0 radical (unpaired) electrons. The Labute approximate surface area is 261 Å². The summed E-state index contributed by atoms with van der Waals surface area (Å²) in [5.74, 6) is 0.258. The number of phenols is 2. The predicted octanol–water partition coefficient (Wildman–Crippen LogP) is 8.17. The lowest BCUT2D eigenvalue weighted by molar-refractivity contribution is -0.119. The lowest BCUT2D eigenvalue weighted by Crippen LogP contribution is -2.31. The van der Waals surface area contributed by atoms with Gasteiger partial charge in [-0.25, -0.2) is 0 Å². The summed E-state index contributed by atoms with van der Waals surface area (Å²) in [4.78, 5) is 30.3. The molecule has 6 rings (SSSR count). The van der Waals surface area contributed by atoms with Crippen molar-refractivity contribution >= 4 is 67.9 Å². The molecule has 0 saturated heterocycles. The number of rotatable bonds is 8. The van der Waals surface area contributed by atoms with E-state index >= 15 is 0 Å². The molecule has 0 bridgehead atoms. The van der Waals surface area contributed by atoms with E-state index in [0.29, 0.717) is 38.8 Å². The van der Waals surface area contributed by atoms with Crippen LogP contribution in [0.3, 0.4) is 0 Å². The number of amides is 2. The number of halogens is 2. The Morgan fingerprint density at radius 1 is 0.698 bits per heavy atom. The lowest BCUT2D eigenvalue weighted by Gasteiger charge is -2.19. The molecule has 0 saturated carbocycles. The number of alkyl halides is 2. The van der Waals surface area contributed by atoms with Gasteiger partial charge in [0.1, 0.15) is 11.5 Å². The average Bonchev–Trinajstić information content (AvgIpc) is 3.57. The molecule has 4 aromatic carbocycles. The van der Waals surface area contributed by atoms with E-state index in [9.17, 15) is 19.8 Å². The smallest absolute Gasteiger partial charge is 0.227 e. The van der Waals surface area contributed by atoms with E-state index in [1.54, 1.807) is 21.9 Å². The molecule has 0 unspecified atom stereocenters. The van der Waals surface area contributed by atoms with E-state index in [-0.39, 0.29) is 45.9 Å². The largest absolute Gasteiger partial charge is 0.507 e. The van der Waals surface area contributed by atoms with Crippen LogP contribution in [-0.2, 0) is 9.59 Å². The number of unbranched alkanes of at least 4 members (excludes halogenated alkanes) is 2. The maximum atomic E-state index is 13.4. The van der Waals surface area contributed by atoms with Crippen molar-refractivity contribution in [3.63, 3.8) is 0 Å². The van der Waals surface area contributed by atoms with Crippen LogP contribution in [0.2, 0.25) is 0 Å². The predicted molar refractivity (Wildman–Crippen MR) is 175 cm³/mol. The second-order valence-corrected chi connectivity index (χ2v) is 13.3. The van der Waals surface area contributed by atoms with Gasteiger partial charge in [-0.15, -0.1) is 23.2 Å². The Morgan fingerprint density at radius 2 is 1.07 bits per heavy atom. The Hall–Kier alpha value is -3.48. The number of phenolic OH excluding ortho intramolecular Hbond substituents is 2. The summed E-state index contributed by atoms with van der Waals surface area (Å²) in [5, 5.41) is 24.4. The van der Waals surface area contributed by atoms with Gasteiger partial charge in [-0.2, -0.15) is 0 Å². The summed E-state index contributed by atoms with van der Waals surface area (Å²) < 4.78 is 0. The molecular formula is C35H36Cl2N2O4. The van der Waals surface area contributed by atoms with E-state index in [1.165, 1.54) is 0 Å². The van der Waals surface area contributed by atoms with Gasteiger partial charge in [0.2, 0.25) is 11.8 Å². The summed E-state index contributed by atoms with van der Waals surface area (Å²) >= 11 is 13.2. The van der Waals surface area contributed by atoms with Crippen molar-refractivity contribution in [3.05, 3.63) is 71.8 Å². The third kappa shape index (κ3) is 5.29. The van der Waals surface area contributed by atoms with Crippen molar-refractivity contribution < 1.29 is 19.8 Å². The fourth-order valence-corrected chi connectivity index (χ4v) is 7.36. The van der Waals surface area contributed by atoms with Gasteiger partial charge in [0.25, 0.3) is 0 Å². The molecule has 224 valence electrons. The van der Waals surface area contributed by atoms with Crippen molar-refractivity contribution in [3.8, 4) is 11.5 Å². The topological polar surface area (TPSA) is 81.1 Å². The third-order valence-electron chi connectivity index (χ3n) is 9.16. The molecule has 4 atom stereocenters. The molecular weight excluding hydrogens is 583 g/mol. The Bertz CT molecular complexity index is 1590. The van der Waals surface area contributed by atoms with Crippen molar-refractivity contribution in [2.24, 2.45) is 0 Å². The average molecular weight is 620 g/mol. The Morgan fingerprint density at radius 3 is 1.44 bits per heavy atom. The van der Waals surface area contributed by atoms with Crippen LogP contribution in [0.5, 0.6) is 11.5 Å². The number of benzene rings is 4. The SMILES string of the molecule is C[C@@H](Cl)[C@@H]1CN(C(=O)CCCCCC(=O)N2C[C@@H]([C@@H](C)Cl)c3c2cc(O)c2ccccc32)c2cc(O)c3ccccc3c21. The highest BCUT2D eigenvalue weighted by molar-refractivity contribution is 6.22. The van der Waals surface area contributed by atoms with Crippen molar-refractivity contribution in [2.75, 3.05) is 22.9 Å². The molecule has 2 amide bonds. The standard InChI is InChI=1S/C35H36Cl2N2O4/c1-20(36)26-18-38(28-16-30(40)22-10-6-8-12-24(22)34(26)28)32(42)14-4-3-5-15-33(43)39-19-27(21(2)37)35-25-13-9-7-11-23(25)31(41)17-29(35)39/h6-13,16-17,20-21,26-27,40-41H,3-5,14-15,18-19H2,1-2H3/t20-,21-,26+,27+/m1/s1. The van der Waals surface area contributed by atoms with Gasteiger partial charge in [0, 0.05) is 71.4 Å². The number of hydrogen-bond donors (Lipinski definition) is 2. The first-order valence-electron chi connectivity index (χ1n) is 15.1. The normalized spacial score (nSPS) is 19.1. The van der Waals surface area contributed by atoms with Crippen molar-refractivity contribution in [1.82, 2.24) is 0 Å². The summed E-state index contributed by atoms with van der Waals surface area (Å²) in [5.41, 5.74) is 3.51. The van der Waals surface area contributed by atoms with E-state index < -0.39 is 0 Å². The van der Waals surface area contributed by atoms with Gasteiger partial charge >= 0.3 is 0 Å². The van der Waals surface area contributed by atoms with Crippen LogP contribution in [0.4, 0.5) is 11.4 Å². The summed E-state index contributed by atoms with van der Waals surface area (Å²) in [6.07, 6.45) is 2.74. The highest BCUT2D eigenvalue weighted by Gasteiger charge is 2.38. The van der Waals surface area contributed by atoms with Gasteiger partial charge in [-0.05, 0) is 48.6 Å². The molecule has 2 aliphatic heterocycles. The number of anilines is 2. The minimum absolute atomic E-state index is 0.00293. The quantitative estimate of drug-likeness (QED) is 0.154. The number of aromatic hydroxyl groups is 2. The number of fused-ring (bicyclic) bond motifs is 6. The number of carbonyl (C=O) groups is 2. The number of hydrogen-bond acceptors (Lipinski definition) is 4. The zero-order chi connectivity index (χ0) is 30.4. The summed E-state index contributed by atoms with van der Waals surface area (Å²) in [6, 6.07) is 18.8. The molecule has 6 nitrogen and oxygen atoms in total. The molecule has 0 aliphatic carbocycles.